The second kappa shape index (κ2) is 4.30. The molecule has 0 aromatic carbocycles. The van der Waals surface area contributed by atoms with Crippen LogP contribution in [0.5, 0.6) is 0 Å². The molecule has 16 heavy (non-hydrogen) atoms. The molecule has 0 radical (unpaired) electrons. The lowest BCUT2D eigenvalue weighted by atomic mass is 9.84. The quantitative estimate of drug-likeness (QED) is 0.772. The van der Waals surface area contributed by atoms with Gasteiger partial charge >= 0.3 is 0 Å². The van der Waals surface area contributed by atoms with Crippen molar-refractivity contribution in [2.45, 2.75) is 45.1 Å². The average Bonchev–Trinajstić information content (AvgIpc) is 2.89. The molecule has 3 aliphatic rings. The van der Waals surface area contributed by atoms with E-state index in [2.05, 4.69) is 11.8 Å². The first kappa shape index (κ1) is 11.0. The van der Waals surface area contributed by atoms with Gasteiger partial charge < -0.3 is 10.6 Å². The van der Waals surface area contributed by atoms with E-state index in [0.29, 0.717) is 6.04 Å². The molecule has 4 unspecified atom stereocenters. The van der Waals surface area contributed by atoms with Gasteiger partial charge in [0.2, 0.25) is 0 Å². The third kappa shape index (κ3) is 2.02. The third-order valence-electron chi connectivity index (χ3n) is 5.29. The van der Waals surface area contributed by atoms with Crippen molar-refractivity contribution < 1.29 is 0 Å². The first-order chi connectivity index (χ1) is 7.78. The predicted molar refractivity (Wildman–Crippen MR) is 67.1 cm³/mol. The zero-order chi connectivity index (χ0) is 11.1. The van der Waals surface area contributed by atoms with Gasteiger partial charge in [0.15, 0.2) is 0 Å². The molecule has 92 valence electrons. The number of nitrogens with two attached hydrogens (primary N) is 1. The van der Waals surface area contributed by atoms with Gasteiger partial charge in [0.1, 0.15) is 0 Å². The molecule has 3 aliphatic carbocycles. The maximum Gasteiger partial charge on any atom is 0.0111 e. The monoisotopic (exact) mass is 222 g/mol. The van der Waals surface area contributed by atoms with Crippen LogP contribution >= 0.6 is 0 Å². The van der Waals surface area contributed by atoms with Gasteiger partial charge in [-0.05, 0) is 62.3 Å². The summed E-state index contributed by atoms with van der Waals surface area (Å²) in [6.45, 7) is 6.16. The molecule has 0 spiro atoms. The number of nitrogens with zero attached hydrogens (tertiary/aromatic N) is 1. The summed E-state index contributed by atoms with van der Waals surface area (Å²) >= 11 is 0. The Morgan fingerprint density at radius 2 is 1.81 bits per heavy atom. The topological polar surface area (TPSA) is 29.3 Å². The largest absolute Gasteiger partial charge is 0.327 e. The fourth-order valence-electron chi connectivity index (χ4n) is 4.02. The maximum absolute atomic E-state index is 6.39. The molecular formula is C14H26N2. The molecule has 2 bridgehead atoms. The van der Waals surface area contributed by atoms with E-state index in [1.165, 1.54) is 51.7 Å². The minimum Gasteiger partial charge on any atom is -0.327 e. The lowest BCUT2D eigenvalue weighted by Crippen LogP contribution is -2.43. The van der Waals surface area contributed by atoms with E-state index >= 15 is 0 Å². The van der Waals surface area contributed by atoms with E-state index in [9.17, 15) is 0 Å². The Labute approximate surface area is 99.6 Å². The van der Waals surface area contributed by atoms with Crippen molar-refractivity contribution in [3.63, 3.8) is 0 Å². The summed E-state index contributed by atoms with van der Waals surface area (Å²) in [4.78, 5) is 2.67. The molecule has 3 fully saturated rings. The molecule has 0 aliphatic heterocycles. The van der Waals surface area contributed by atoms with Crippen LogP contribution in [-0.2, 0) is 0 Å². The van der Waals surface area contributed by atoms with Gasteiger partial charge in [-0.2, -0.15) is 0 Å². The molecule has 3 rings (SSSR count). The standard InChI is InChI=1S/C14H26N2/c1-2-16(8-10-3-4-10)9-13-11-5-6-12(7-11)14(13)15/h10-14H,2-9,15H2,1H3. The fraction of sp³-hybridized carbons (Fsp3) is 1.00. The molecule has 0 aromatic heterocycles. The van der Waals surface area contributed by atoms with Crippen LogP contribution in [0.4, 0.5) is 0 Å². The molecule has 2 N–H and O–H groups in total. The zero-order valence-corrected chi connectivity index (χ0v) is 10.6. The van der Waals surface area contributed by atoms with Crippen molar-refractivity contribution in [3.05, 3.63) is 0 Å². The fourth-order valence-corrected chi connectivity index (χ4v) is 4.02. The highest BCUT2D eigenvalue weighted by Gasteiger charge is 2.46. The van der Waals surface area contributed by atoms with Gasteiger partial charge in [-0.25, -0.2) is 0 Å². The van der Waals surface area contributed by atoms with E-state index in [-0.39, 0.29) is 0 Å². The average molecular weight is 222 g/mol. The van der Waals surface area contributed by atoms with E-state index < -0.39 is 0 Å². The van der Waals surface area contributed by atoms with Crippen molar-refractivity contribution in [2.75, 3.05) is 19.6 Å². The SMILES string of the molecule is CCN(CC1CC1)CC1C2CCC(C2)C1N. The van der Waals surface area contributed by atoms with Crippen LogP contribution < -0.4 is 5.73 Å². The summed E-state index contributed by atoms with van der Waals surface area (Å²) in [6.07, 6.45) is 7.26. The highest BCUT2D eigenvalue weighted by atomic mass is 15.1. The van der Waals surface area contributed by atoms with Crippen molar-refractivity contribution >= 4 is 0 Å². The number of fused-ring (bicyclic) bond motifs is 2. The van der Waals surface area contributed by atoms with Gasteiger partial charge in [0.05, 0.1) is 0 Å². The molecule has 3 saturated carbocycles. The van der Waals surface area contributed by atoms with Crippen LogP contribution in [0.1, 0.15) is 39.0 Å². The number of rotatable bonds is 5. The Hall–Kier alpha value is -0.0800. The van der Waals surface area contributed by atoms with E-state index in [4.69, 9.17) is 5.73 Å². The highest BCUT2D eigenvalue weighted by Crippen LogP contribution is 2.48. The minimum absolute atomic E-state index is 0.520. The second-order valence-electron chi connectivity index (χ2n) is 6.37. The van der Waals surface area contributed by atoms with Crippen molar-refractivity contribution in [3.8, 4) is 0 Å². The first-order valence-electron chi connectivity index (χ1n) is 7.26. The zero-order valence-electron chi connectivity index (χ0n) is 10.6. The lowest BCUT2D eigenvalue weighted by Gasteiger charge is -2.33. The number of hydrogen-bond acceptors (Lipinski definition) is 2. The normalized spacial score (nSPS) is 42.2. The Balaban J connectivity index is 1.55. The number of hydrogen-bond donors (Lipinski definition) is 1. The minimum atomic E-state index is 0.520. The molecule has 2 heteroatoms. The summed E-state index contributed by atoms with van der Waals surface area (Å²) in [7, 11) is 0. The highest BCUT2D eigenvalue weighted by molar-refractivity contribution is 5.00. The first-order valence-corrected chi connectivity index (χ1v) is 7.26. The summed E-state index contributed by atoms with van der Waals surface area (Å²) < 4.78 is 0. The van der Waals surface area contributed by atoms with Crippen molar-refractivity contribution in [1.29, 1.82) is 0 Å². The van der Waals surface area contributed by atoms with Gasteiger partial charge in [0, 0.05) is 19.1 Å². The molecular weight excluding hydrogens is 196 g/mol. The van der Waals surface area contributed by atoms with Gasteiger partial charge in [0.25, 0.3) is 0 Å². The Bertz CT molecular complexity index is 247. The Morgan fingerprint density at radius 3 is 2.38 bits per heavy atom. The Morgan fingerprint density at radius 1 is 1.06 bits per heavy atom. The van der Waals surface area contributed by atoms with Crippen LogP contribution in [0.2, 0.25) is 0 Å². The Kier molecular flexibility index (Phi) is 2.97. The van der Waals surface area contributed by atoms with Crippen LogP contribution in [0.3, 0.4) is 0 Å². The van der Waals surface area contributed by atoms with Crippen molar-refractivity contribution in [2.24, 2.45) is 29.4 Å². The molecule has 2 nitrogen and oxygen atoms in total. The summed E-state index contributed by atoms with van der Waals surface area (Å²) in [6, 6.07) is 0.520. The summed E-state index contributed by atoms with van der Waals surface area (Å²) in [5.41, 5.74) is 6.39. The molecule has 0 amide bonds. The van der Waals surface area contributed by atoms with E-state index in [0.717, 1.165) is 23.7 Å². The van der Waals surface area contributed by atoms with Crippen LogP contribution in [0.25, 0.3) is 0 Å². The lowest BCUT2D eigenvalue weighted by molar-refractivity contribution is 0.175. The van der Waals surface area contributed by atoms with Gasteiger partial charge in [-0.1, -0.05) is 6.92 Å². The van der Waals surface area contributed by atoms with E-state index in [1.807, 2.05) is 0 Å². The van der Waals surface area contributed by atoms with E-state index in [1.54, 1.807) is 0 Å². The smallest absolute Gasteiger partial charge is 0.0111 e. The molecule has 0 saturated heterocycles. The van der Waals surface area contributed by atoms with Gasteiger partial charge in [-0.3, -0.25) is 0 Å². The predicted octanol–water partition coefficient (Wildman–Crippen LogP) is 2.09. The van der Waals surface area contributed by atoms with Crippen LogP contribution in [0, 0.1) is 23.7 Å². The third-order valence-corrected chi connectivity index (χ3v) is 5.29. The maximum atomic E-state index is 6.39. The van der Waals surface area contributed by atoms with Crippen LogP contribution in [-0.4, -0.2) is 30.6 Å². The van der Waals surface area contributed by atoms with Crippen molar-refractivity contribution in [1.82, 2.24) is 4.90 Å². The molecule has 0 heterocycles. The molecule has 4 atom stereocenters. The summed E-state index contributed by atoms with van der Waals surface area (Å²) in [5.74, 6) is 3.68. The summed E-state index contributed by atoms with van der Waals surface area (Å²) in [5, 5.41) is 0. The van der Waals surface area contributed by atoms with Gasteiger partial charge in [-0.15, -0.1) is 0 Å². The second-order valence-corrected chi connectivity index (χ2v) is 6.37. The molecule has 0 aromatic rings. The van der Waals surface area contributed by atoms with Crippen LogP contribution in [0.15, 0.2) is 0 Å².